The summed E-state index contributed by atoms with van der Waals surface area (Å²) in [4.78, 5) is 13.1. The van der Waals surface area contributed by atoms with E-state index in [9.17, 15) is 0 Å². The minimum Gasteiger partial charge on any atom is -0.289 e. The number of hydrogen-bond donors (Lipinski definition) is 0. The van der Waals surface area contributed by atoms with Gasteiger partial charge in [0, 0.05) is 6.20 Å². The van der Waals surface area contributed by atoms with E-state index in [1.807, 2.05) is 30.1 Å². The molecule has 90 valence electrons. The van der Waals surface area contributed by atoms with Gasteiger partial charge in [-0.05, 0) is 19.3 Å². The molecule has 0 spiro atoms. The summed E-state index contributed by atoms with van der Waals surface area (Å²) in [5.41, 5.74) is 2.04. The first kappa shape index (κ1) is 11.8. The molecule has 2 heterocycles. The van der Waals surface area contributed by atoms with Crippen molar-refractivity contribution in [2.45, 2.75) is 39.5 Å². The molecule has 0 aliphatic carbocycles. The third kappa shape index (κ3) is 2.70. The smallest absolute Gasteiger partial charge is 0.156 e. The number of rotatable bonds is 4. The van der Waals surface area contributed by atoms with E-state index < -0.39 is 0 Å². The van der Waals surface area contributed by atoms with Crippen LogP contribution in [-0.2, 0) is 0 Å². The molecule has 0 N–H and O–H groups in total. The van der Waals surface area contributed by atoms with Crippen LogP contribution in [0.3, 0.4) is 0 Å². The quantitative estimate of drug-likeness (QED) is 0.811. The predicted molar refractivity (Wildman–Crippen MR) is 67.2 cm³/mol. The van der Waals surface area contributed by atoms with E-state index >= 15 is 0 Å². The van der Waals surface area contributed by atoms with E-state index in [1.165, 1.54) is 6.42 Å². The highest BCUT2D eigenvalue weighted by atomic mass is 15.1. The predicted octanol–water partition coefficient (Wildman–Crippen LogP) is 2.87. The van der Waals surface area contributed by atoms with Crippen molar-refractivity contribution in [2.24, 2.45) is 0 Å². The summed E-state index contributed by atoms with van der Waals surface area (Å²) < 4.78 is 1.89. The van der Waals surface area contributed by atoms with E-state index in [0.29, 0.717) is 5.92 Å². The Bertz CT molecular complexity index is 472. The van der Waals surface area contributed by atoms with Crippen LogP contribution in [0.25, 0.3) is 5.82 Å². The SMILES string of the molecule is CCCC(C)c1cnc(-n2cnc(C)c2)cn1. The Hall–Kier alpha value is -1.71. The van der Waals surface area contributed by atoms with Crippen molar-refractivity contribution in [3.63, 3.8) is 0 Å². The molecular formula is C13H18N4. The molecule has 0 bridgehead atoms. The number of nitrogens with zero attached hydrogens (tertiary/aromatic N) is 4. The van der Waals surface area contributed by atoms with Crippen molar-refractivity contribution in [3.05, 3.63) is 36.3 Å². The van der Waals surface area contributed by atoms with Crippen molar-refractivity contribution < 1.29 is 0 Å². The highest BCUT2D eigenvalue weighted by Crippen LogP contribution is 2.17. The van der Waals surface area contributed by atoms with Gasteiger partial charge in [0.25, 0.3) is 0 Å². The Balaban J connectivity index is 2.18. The second-order valence-electron chi connectivity index (χ2n) is 4.41. The zero-order valence-electron chi connectivity index (χ0n) is 10.6. The molecule has 2 aromatic rings. The fourth-order valence-electron chi connectivity index (χ4n) is 1.85. The van der Waals surface area contributed by atoms with Gasteiger partial charge in [-0.25, -0.2) is 9.97 Å². The van der Waals surface area contributed by atoms with E-state index in [4.69, 9.17) is 0 Å². The van der Waals surface area contributed by atoms with Crippen LogP contribution in [0.2, 0.25) is 0 Å². The number of aromatic nitrogens is 4. The van der Waals surface area contributed by atoms with Gasteiger partial charge in [-0.15, -0.1) is 0 Å². The third-order valence-electron chi connectivity index (χ3n) is 2.86. The average Bonchev–Trinajstić information content (AvgIpc) is 2.76. The molecule has 0 radical (unpaired) electrons. The van der Waals surface area contributed by atoms with Crippen LogP contribution < -0.4 is 0 Å². The topological polar surface area (TPSA) is 43.6 Å². The van der Waals surface area contributed by atoms with E-state index in [-0.39, 0.29) is 0 Å². The lowest BCUT2D eigenvalue weighted by atomic mass is 10.0. The summed E-state index contributed by atoms with van der Waals surface area (Å²) in [7, 11) is 0. The Morgan fingerprint density at radius 2 is 2.06 bits per heavy atom. The van der Waals surface area contributed by atoms with E-state index in [2.05, 4.69) is 28.8 Å². The Kier molecular flexibility index (Phi) is 3.52. The van der Waals surface area contributed by atoms with Gasteiger partial charge in [-0.3, -0.25) is 9.55 Å². The molecule has 0 aliphatic heterocycles. The Labute approximate surface area is 102 Å². The number of imidazole rings is 1. The summed E-state index contributed by atoms with van der Waals surface area (Å²) in [6.07, 6.45) is 9.70. The molecule has 0 aliphatic rings. The second kappa shape index (κ2) is 5.08. The van der Waals surface area contributed by atoms with Crippen molar-refractivity contribution in [2.75, 3.05) is 0 Å². The minimum atomic E-state index is 0.478. The number of hydrogen-bond acceptors (Lipinski definition) is 3. The fraction of sp³-hybridized carbons (Fsp3) is 0.462. The Morgan fingerprint density at radius 3 is 2.59 bits per heavy atom. The van der Waals surface area contributed by atoms with Crippen molar-refractivity contribution in [1.82, 2.24) is 19.5 Å². The van der Waals surface area contributed by atoms with Crippen LogP contribution in [0.1, 0.15) is 44.0 Å². The third-order valence-corrected chi connectivity index (χ3v) is 2.86. The first-order valence-corrected chi connectivity index (χ1v) is 6.03. The maximum absolute atomic E-state index is 4.47. The minimum absolute atomic E-state index is 0.478. The van der Waals surface area contributed by atoms with Crippen LogP contribution in [0.5, 0.6) is 0 Å². The molecule has 17 heavy (non-hydrogen) atoms. The normalized spacial score (nSPS) is 12.6. The Morgan fingerprint density at radius 1 is 1.24 bits per heavy atom. The largest absolute Gasteiger partial charge is 0.289 e. The van der Waals surface area contributed by atoms with Crippen LogP contribution in [-0.4, -0.2) is 19.5 Å². The lowest BCUT2D eigenvalue weighted by Crippen LogP contribution is -2.01. The number of aryl methyl sites for hydroxylation is 1. The molecule has 0 fully saturated rings. The summed E-state index contributed by atoms with van der Waals surface area (Å²) in [5.74, 6) is 1.30. The van der Waals surface area contributed by atoms with E-state index in [0.717, 1.165) is 23.6 Å². The highest BCUT2D eigenvalue weighted by molar-refractivity contribution is 5.21. The molecule has 2 rings (SSSR count). The van der Waals surface area contributed by atoms with Gasteiger partial charge < -0.3 is 0 Å². The maximum Gasteiger partial charge on any atom is 0.156 e. The molecule has 0 saturated heterocycles. The average molecular weight is 230 g/mol. The first-order chi connectivity index (χ1) is 8.20. The molecule has 0 saturated carbocycles. The maximum atomic E-state index is 4.47. The van der Waals surface area contributed by atoms with Crippen LogP contribution in [0.15, 0.2) is 24.9 Å². The molecule has 0 aromatic carbocycles. The molecule has 2 aromatic heterocycles. The molecule has 1 atom stereocenters. The molecule has 1 unspecified atom stereocenters. The molecule has 4 nitrogen and oxygen atoms in total. The van der Waals surface area contributed by atoms with Gasteiger partial charge in [0.15, 0.2) is 5.82 Å². The summed E-state index contributed by atoms with van der Waals surface area (Å²) in [5, 5.41) is 0. The van der Waals surface area contributed by atoms with Gasteiger partial charge in [-0.2, -0.15) is 0 Å². The van der Waals surface area contributed by atoms with E-state index in [1.54, 1.807) is 6.33 Å². The molecule has 0 amide bonds. The summed E-state index contributed by atoms with van der Waals surface area (Å²) in [6, 6.07) is 0. The zero-order chi connectivity index (χ0) is 12.3. The lowest BCUT2D eigenvalue weighted by molar-refractivity contribution is 0.643. The molecular weight excluding hydrogens is 212 g/mol. The fourth-order valence-corrected chi connectivity index (χ4v) is 1.85. The monoisotopic (exact) mass is 230 g/mol. The summed E-state index contributed by atoms with van der Waals surface area (Å²) >= 11 is 0. The standard InChI is InChI=1S/C13H18N4/c1-4-5-10(2)12-6-15-13(7-14-12)17-8-11(3)16-9-17/h6-10H,4-5H2,1-3H3. The molecule has 4 heteroatoms. The summed E-state index contributed by atoms with van der Waals surface area (Å²) in [6.45, 7) is 6.34. The van der Waals surface area contributed by atoms with Crippen molar-refractivity contribution in [1.29, 1.82) is 0 Å². The second-order valence-corrected chi connectivity index (χ2v) is 4.41. The van der Waals surface area contributed by atoms with Gasteiger partial charge in [-0.1, -0.05) is 20.3 Å². The van der Waals surface area contributed by atoms with Crippen molar-refractivity contribution >= 4 is 0 Å². The van der Waals surface area contributed by atoms with Crippen LogP contribution in [0, 0.1) is 6.92 Å². The van der Waals surface area contributed by atoms with Gasteiger partial charge in [0.1, 0.15) is 6.33 Å². The first-order valence-electron chi connectivity index (χ1n) is 6.03. The highest BCUT2D eigenvalue weighted by Gasteiger charge is 2.07. The van der Waals surface area contributed by atoms with Crippen molar-refractivity contribution in [3.8, 4) is 5.82 Å². The van der Waals surface area contributed by atoms with Gasteiger partial charge in [0.05, 0.1) is 23.8 Å². The van der Waals surface area contributed by atoms with Gasteiger partial charge >= 0.3 is 0 Å². The van der Waals surface area contributed by atoms with Crippen LogP contribution >= 0.6 is 0 Å². The van der Waals surface area contributed by atoms with Crippen LogP contribution in [0.4, 0.5) is 0 Å². The van der Waals surface area contributed by atoms with Gasteiger partial charge in [0.2, 0.25) is 0 Å². The zero-order valence-corrected chi connectivity index (χ0v) is 10.6. The lowest BCUT2D eigenvalue weighted by Gasteiger charge is -2.09.